The van der Waals surface area contributed by atoms with Gasteiger partial charge in [-0.25, -0.2) is 8.42 Å². The zero-order valence-electron chi connectivity index (χ0n) is 11.6. The minimum atomic E-state index is -3.58. The Morgan fingerprint density at radius 1 is 1.38 bits per heavy atom. The molecule has 0 aliphatic carbocycles. The fourth-order valence-electron chi connectivity index (χ4n) is 1.93. The molecule has 1 atom stereocenters. The Labute approximate surface area is 127 Å². The molecular weight excluding hydrogens is 310 g/mol. The highest BCUT2D eigenvalue weighted by atomic mass is 32.2. The summed E-state index contributed by atoms with van der Waals surface area (Å²) in [7, 11) is -3.58. The second-order valence-corrected chi connectivity index (χ2v) is 7.84. The minimum Gasteiger partial charge on any atom is -0.468 e. The first-order valence-electron chi connectivity index (χ1n) is 6.63. The van der Waals surface area contributed by atoms with E-state index in [4.69, 9.17) is 4.42 Å². The van der Waals surface area contributed by atoms with Crippen molar-refractivity contribution in [3.05, 3.63) is 41.7 Å². The molecular formula is C14H17NO4S2. The predicted octanol–water partition coefficient (Wildman–Crippen LogP) is 2.77. The van der Waals surface area contributed by atoms with Crippen LogP contribution in [-0.2, 0) is 14.6 Å². The summed E-state index contributed by atoms with van der Waals surface area (Å²) in [5.41, 5.74) is 0. The van der Waals surface area contributed by atoms with E-state index >= 15 is 0 Å². The Morgan fingerprint density at radius 3 is 2.76 bits per heavy atom. The van der Waals surface area contributed by atoms with Gasteiger partial charge in [-0.2, -0.15) is 0 Å². The summed E-state index contributed by atoms with van der Waals surface area (Å²) in [5.74, 6) is 0.177. The molecule has 0 aliphatic heterocycles. The standard InChI is InChI=1S/C14H17NO4S2/c1-2-5-13(16)15-10-12(11-6-3-8-19-11)21(17,18)14-7-4-9-20-14/h3-4,6-9,12H,2,5,10H2,1H3,(H,15,16)/t12-/m1/s1. The van der Waals surface area contributed by atoms with Crippen LogP contribution in [0, 0.1) is 0 Å². The maximum Gasteiger partial charge on any atom is 0.220 e. The van der Waals surface area contributed by atoms with Crippen molar-refractivity contribution < 1.29 is 17.6 Å². The average molecular weight is 327 g/mol. The first-order valence-corrected chi connectivity index (χ1v) is 9.05. The van der Waals surface area contributed by atoms with Gasteiger partial charge in [0.05, 0.1) is 6.26 Å². The lowest BCUT2D eigenvalue weighted by Crippen LogP contribution is -2.31. The Morgan fingerprint density at radius 2 is 2.19 bits per heavy atom. The number of amides is 1. The van der Waals surface area contributed by atoms with Crippen LogP contribution >= 0.6 is 11.3 Å². The molecule has 0 aromatic carbocycles. The molecule has 1 amide bonds. The molecule has 2 aromatic rings. The van der Waals surface area contributed by atoms with Crippen molar-refractivity contribution in [1.82, 2.24) is 5.32 Å². The first kappa shape index (κ1) is 15.8. The normalized spacial score (nSPS) is 13.0. The number of carbonyl (C=O) groups is 1. The molecule has 2 rings (SSSR count). The van der Waals surface area contributed by atoms with Crippen LogP contribution in [0.25, 0.3) is 0 Å². The van der Waals surface area contributed by atoms with E-state index in [1.165, 1.54) is 6.26 Å². The number of thiophene rings is 1. The van der Waals surface area contributed by atoms with Gasteiger partial charge < -0.3 is 9.73 Å². The van der Waals surface area contributed by atoms with Crippen LogP contribution < -0.4 is 5.32 Å². The summed E-state index contributed by atoms with van der Waals surface area (Å²) >= 11 is 1.16. The van der Waals surface area contributed by atoms with Crippen molar-refractivity contribution in [3.8, 4) is 0 Å². The van der Waals surface area contributed by atoms with Gasteiger partial charge in [-0.05, 0) is 30.0 Å². The molecule has 0 fully saturated rings. The average Bonchev–Trinajstić information content (AvgIpc) is 3.12. The van der Waals surface area contributed by atoms with Crippen LogP contribution in [0.4, 0.5) is 0 Å². The van der Waals surface area contributed by atoms with Crippen LogP contribution in [0.1, 0.15) is 30.8 Å². The molecule has 7 heteroatoms. The molecule has 2 heterocycles. The van der Waals surface area contributed by atoms with Crippen LogP contribution in [0.15, 0.2) is 44.5 Å². The molecule has 0 spiro atoms. The molecule has 21 heavy (non-hydrogen) atoms. The fourth-order valence-corrected chi connectivity index (χ4v) is 4.72. The van der Waals surface area contributed by atoms with Crippen molar-refractivity contribution in [1.29, 1.82) is 0 Å². The summed E-state index contributed by atoms with van der Waals surface area (Å²) in [6.45, 7) is 1.90. The maximum atomic E-state index is 12.7. The summed E-state index contributed by atoms with van der Waals surface area (Å²) in [5, 5.41) is 3.47. The van der Waals surface area contributed by atoms with E-state index in [2.05, 4.69) is 5.32 Å². The SMILES string of the molecule is CCCC(=O)NC[C@H](c1ccco1)S(=O)(=O)c1cccs1. The van der Waals surface area contributed by atoms with Crippen LogP contribution in [0.5, 0.6) is 0 Å². The van der Waals surface area contributed by atoms with Gasteiger partial charge >= 0.3 is 0 Å². The second kappa shape index (κ2) is 6.91. The molecule has 0 bridgehead atoms. The van der Waals surface area contributed by atoms with E-state index in [9.17, 15) is 13.2 Å². The molecule has 5 nitrogen and oxygen atoms in total. The molecule has 0 aliphatic rings. The monoisotopic (exact) mass is 327 g/mol. The van der Waals surface area contributed by atoms with Crippen LogP contribution in [-0.4, -0.2) is 20.9 Å². The molecule has 0 saturated heterocycles. The quantitative estimate of drug-likeness (QED) is 0.848. The maximum absolute atomic E-state index is 12.7. The summed E-state index contributed by atoms with van der Waals surface area (Å²) in [4.78, 5) is 11.6. The third-order valence-corrected chi connectivity index (χ3v) is 6.46. The van der Waals surface area contributed by atoms with Gasteiger partial charge in [0.25, 0.3) is 0 Å². The number of sulfone groups is 1. The van der Waals surface area contributed by atoms with Gasteiger partial charge in [0.1, 0.15) is 15.2 Å². The van der Waals surface area contributed by atoms with Gasteiger partial charge in [0.15, 0.2) is 9.84 Å². The third-order valence-electron chi connectivity index (χ3n) is 2.97. The van der Waals surface area contributed by atoms with Gasteiger partial charge in [-0.3, -0.25) is 4.79 Å². The summed E-state index contributed by atoms with van der Waals surface area (Å²) in [6.07, 6.45) is 2.53. The Kier molecular flexibility index (Phi) is 5.19. The second-order valence-electron chi connectivity index (χ2n) is 4.54. The van der Waals surface area contributed by atoms with E-state index < -0.39 is 15.1 Å². The van der Waals surface area contributed by atoms with Crippen molar-refractivity contribution in [2.24, 2.45) is 0 Å². The van der Waals surface area contributed by atoms with Crippen LogP contribution in [0.2, 0.25) is 0 Å². The zero-order chi connectivity index (χ0) is 15.3. The molecule has 0 radical (unpaired) electrons. The zero-order valence-corrected chi connectivity index (χ0v) is 13.2. The fraction of sp³-hybridized carbons (Fsp3) is 0.357. The minimum absolute atomic E-state index is 0.00653. The first-order chi connectivity index (χ1) is 10.1. The predicted molar refractivity (Wildman–Crippen MR) is 80.9 cm³/mol. The van der Waals surface area contributed by atoms with Gasteiger partial charge in [0, 0.05) is 13.0 Å². The molecule has 0 saturated carbocycles. The lowest BCUT2D eigenvalue weighted by atomic mass is 10.3. The van der Waals surface area contributed by atoms with E-state index in [-0.39, 0.29) is 16.7 Å². The topological polar surface area (TPSA) is 76.4 Å². The molecule has 0 unspecified atom stereocenters. The van der Waals surface area contributed by atoms with Crippen molar-refractivity contribution in [2.75, 3.05) is 6.54 Å². The summed E-state index contributed by atoms with van der Waals surface area (Å²) < 4.78 is 30.8. The van der Waals surface area contributed by atoms with E-state index in [1.807, 2.05) is 6.92 Å². The Hall–Kier alpha value is -1.60. The lowest BCUT2D eigenvalue weighted by Gasteiger charge is -2.15. The van der Waals surface area contributed by atoms with Gasteiger partial charge in [0.2, 0.25) is 5.91 Å². The molecule has 114 valence electrons. The van der Waals surface area contributed by atoms with Crippen molar-refractivity contribution in [3.63, 3.8) is 0 Å². The Balaban J connectivity index is 2.23. The van der Waals surface area contributed by atoms with E-state index in [0.29, 0.717) is 12.2 Å². The molecule has 1 N–H and O–H groups in total. The highest BCUT2D eigenvalue weighted by Crippen LogP contribution is 2.31. The van der Waals surface area contributed by atoms with E-state index in [0.717, 1.165) is 17.8 Å². The number of rotatable bonds is 7. The van der Waals surface area contributed by atoms with Crippen LogP contribution in [0.3, 0.4) is 0 Å². The number of hydrogen-bond donors (Lipinski definition) is 1. The van der Waals surface area contributed by atoms with Crippen molar-refractivity contribution in [2.45, 2.75) is 29.2 Å². The molecule has 2 aromatic heterocycles. The lowest BCUT2D eigenvalue weighted by molar-refractivity contribution is -0.121. The van der Waals surface area contributed by atoms with Gasteiger partial charge in [-0.15, -0.1) is 11.3 Å². The number of hydrogen-bond acceptors (Lipinski definition) is 5. The highest BCUT2D eigenvalue weighted by Gasteiger charge is 2.32. The highest BCUT2D eigenvalue weighted by molar-refractivity contribution is 7.93. The number of furan rings is 1. The third kappa shape index (κ3) is 3.74. The largest absolute Gasteiger partial charge is 0.468 e. The number of nitrogens with one attached hydrogen (secondary N) is 1. The van der Waals surface area contributed by atoms with E-state index in [1.54, 1.807) is 29.6 Å². The van der Waals surface area contributed by atoms with Crippen molar-refractivity contribution >= 4 is 27.1 Å². The van der Waals surface area contributed by atoms with Gasteiger partial charge in [-0.1, -0.05) is 13.0 Å². The number of carbonyl (C=O) groups excluding carboxylic acids is 1. The summed E-state index contributed by atoms with van der Waals surface area (Å²) in [6, 6.07) is 6.50. The Bertz CT molecular complexity index is 660. The smallest absolute Gasteiger partial charge is 0.220 e.